The summed E-state index contributed by atoms with van der Waals surface area (Å²) in [6.07, 6.45) is 0. The van der Waals surface area contributed by atoms with Crippen LogP contribution in [0, 0.1) is 0 Å². The number of amides is 1. The van der Waals surface area contributed by atoms with Crippen molar-refractivity contribution >= 4 is 15.9 Å². The molecule has 2 N–H and O–H groups in total. The fraction of sp³-hybridized carbons (Fsp3) is 0.423. The van der Waals surface area contributed by atoms with Crippen molar-refractivity contribution in [3.05, 3.63) is 47.8 Å². The van der Waals surface area contributed by atoms with Gasteiger partial charge in [0.1, 0.15) is 11.5 Å². The lowest BCUT2D eigenvalue weighted by Crippen LogP contribution is -2.32. The Hall–Kier alpha value is -3.44. The average molecular weight is 530 g/mol. The standard InChI is InChI=1S/C26H35N5O5S/c1-8-30(9-2)37(34,35)19-12-10-18(11-13-19)31-24(28-29-25(31)26(33)27-17(5)6)21-14-20(16(3)4)23(36-7)15-22(21)32/h10-17,32H,8-9H2,1-7H3,(H,27,33). The molecule has 0 radical (unpaired) electrons. The molecule has 0 saturated carbocycles. The van der Waals surface area contributed by atoms with Gasteiger partial charge in [0.05, 0.1) is 17.6 Å². The van der Waals surface area contributed by atoms with Crippen molar-refractivity contribution in [2.45, 2.75) is 58.4 Å². The fourth-order valence-electron chi connectivity index (χ4n) is 4.05. The van der Waals surface area contributed by atoms with E-state index < -0.39 is 15.9 Å². The van der Waals surface area contributed by atoms with Crippen LogP contribution >= 0.6 is 0 Å². The predicted octanol–water partition coefficient (Wildman–Crippen LogP) is 3.94. The zero-order valence-electron chi connectivity index (χ0n) is 22.3. The van der Waals surface area contributed by atoms with Crippen molar-refractivity contribution in [3.63, 3.8) is 0 Å². The quantitative estimate of drug-likeness (QED) is 0.407. The van der Waals surface area contributed by atoms with Gasteiger partial charge in [0, 0.05) is 30.9 Å². The van der Waals surface area contributed by atoms with Crippen molar-refractivity contribution < 1.29 is 23.1 Å². The summed E-state index contributed by atoms with van der Waals surface area (Å²) in [5.41, 5.74) is 1.67. The summed E-state index contributed by atoms with van der Waals surface area (Å²) in [5, 5.41) is 22.1. The molecule has 3 rings (SSSR count). The summed E-state index contributed by atoms with van der Waals surface area (Å²) >= 11 is 0. The third-order valence-corrected chi connectivity index (χ3v) is 8.00. The summed E-state index contributed by atoms with van der Waals surface area (Å²) < 4.78 is 34.3. The molecular weight excluding hydrogens is 494 g/mol. The van der Waals surface area contributed by atoms with Crippen LogP contribution in [-0.2, 0) is 10.0 Å². The summed E-state index contributed by atoms with van der Waals surface area (Å²) in [6, 6.07) is 9.30. The van der Waals surface area contributed by atoms with Gasteiger partial charge in [-0.1, -0.05) is 27.7 Å². The SMILES string of the molecule is CCN(CC)S(=O)(=O)c1ccc(-n2c(C(=O)NC(C)C)nnc2-c2cc(C(C)C)c(OC)cc2O)cc1. The molecule has 0 fully saturated rings. The molecule has 3 aromatic rings. The van der Waals surface area contributed by atoms with Crippen LogP contribution in [0.25, 0.3) is 17.1 Å². The number of benzene rings is 2. The Morgan fingerprint density at radius 2 is 1.70 bits per heavy atom. The van der Waals surface area contributed by atoms with Crippen LogP contribution in [0.5, 0.6) is 11.5 Å². The molecule has 200 valence electrons. The highest BCUT2D eigenvalue weighted by Gasteiger charge is 2.26. The Bertz CT molecular complexity index is 1360. The van der Waals surface area contributed by atoms with Gasteiger partial charge >= 0.3 is 0 Å². The first-order valence-corrected chi connectivity index (χ1v) is 13.7. The second-order valence-corrected chi connectivity index (χ2v) is 11.1. The van der Waals surface area contributed by atoms with Gasteiger partial charge in [-0.05, 0) is 55.7 Å². The number of methoxy groups -OCH3 is 1. The zero-order chi connectivity index (χ0) is 27.5. The smallest absolute Gasteiger partial charge is 0.289 e. The van der Waals surface area contributed by atoms with E-state index in [-0.39, 0.29) is 34.3 Å². The Balaban J connectivity index is 2.23. The summed E-state index contributed by atoms with van der Waals surface area (Å²) in [4.78, 5) is 13.2. The van der Waals surface area contributed by atoms with E-state index >= 15 is 0 Å². The predicted molar refractivity (Wildman–Crippen MR) is 142 cm³/mol. The molecular formula is C26H35N5O5S. The normalized spacial score (nSPS) is 11.9. The monoisotopic (exact) mass is 529 g/mol. The van der Waals surface area contributed by atoms with E-state index in [1.807, 2.05) is 27.7 Å². The van der Waals surface area contributed by atoms with Gasteiger partial charge in [-0.2, -0.15) is 4.31 Å². The van der Waals surface area contributed by atoms with Gasteiger partial charge in [-0.15, -0.1) is 10.2 Å². The number of hydrogen-bond acceptors (Lipinski definition) is 7. The van der Waals surface area contributed by atoms with E-state index in [2.05, 4.69) is 15.5 Å². The van der Waals surface area contributed by atoms with E-state index in [1.165, 1.54) is 34.2 Å². The number of sulfonamides is 1. The van der Waals surface area contributed by atoms with Gasteiger partial charge in [-0.25, -0.2) is 8.42 Å². The van der Waals surface area contributed by atoms with Gasteiger partial charge in [0.25, 0.3) is 5.91 Å². The molecule has 0 bridgehead atoms. The molecule has 0 spiro atoms. The molecule has 0 atom stereocenters. The molecule has 2 aromatic carbocycles. The maximum absolute atomic E-state index is 13.0. The van der Waals surface area contributed by atoms with Gasteiger partial charge in [-0.3, -0.25) is 9.36 Å². The Morgan fingerprint density at radius 1 is 1.08 bits per heavy atom. The van der Waals surface area contributed by atoms with Crippen LogP contribution in [0.4, 0.5) is 0 Å². The van der Waals surface area contributed by atoms with E-state index in [0.717, 1.165) is 5.56 Å². The molecule has 37 heavy (non-hydrogen) atoms. The molecule has 0 aliphatic rings. The maximum Gasteiger partial charge on any atom is 0.289 e. The van der Waals surface area contributed by atoms with Gasteiger partial charge in [0.2, 0.25) is 15.8 Å². The number of aromatic hydroxyl groups is 1. The third kappa shape index (κ3) is 5.62. The first-order chi connectivity index (χ1) is 17.5. The highest BCUT2D eigenvalue weighted by molar-refractivity contribution is 7.89. The van der Waals surface area contributed by atoms with Crippen LogP contribution in [0.1, 0.15) is 63.6 Å². The van der Waals surface area contributed by atoms with Crippen molar-refractivity contribution in [1.82, 2.24) is 24.4 Å². The average Bonchev–Trinajstić information content (AvgIpc) is 3.29. The Morgan fingerprint density at radius 3 is 2.22 bits per heavy atom. The van der Waals surface area contributed by atoms with E-state index in [9.17, 15) is 18.3 Å². The van der Waals surface area contributed by atoms with Crippen LogP contribution in [0.15, 0.2) is 41.3 Å². The highest BCUT2D eigenvalue weighted by atomic mass is 32.2. The minimum absolute atomic E-state index is 0.00404. The molecule has 0 aliphatic carbocycles. The molecule has 0 aliphatic heterocycles. The van der Waals surface area contributed by atoms with Crippen molar-refractivity contribution in [2.24, 2.45) is 0 Å². The second kappa shape index (κ2) is 11.3. The Kier molecular flexibility index (Phi) is 8.60. The lowest BCUT2D eigenvalue weighted by Gasteiger charge is -2.19. The number of carbonyl (C=O) groups excluding carboxylic acids is 1. The van der Waals surface area contributed by atoms with E-state index in [4.69, 9.17) is 4.74 Å². The first kappa shape index (κ1) is 28.1. The highest BCUT2D eigenvalue weighted by Crippen LogP contribution is 2.38. The molecule has 1 aromatic heterocycles. The summed E-state index contributed by atoms with van der Waals surface area (Å²) in [7, 11) is -2.13. The number of carbonyl (C=O) groups is 1. The molecule has 11 heteroatoms. The largest absolute Gasteiger partial charge is 0.507 e. The minimum Gasteiger partial charge on any atom is -0.507 e. The number of aromatic nitrogens is 3. The number of phenols is 1. The molecule has 1 amide bonds. The van der Waals surface area contributed by atoms with Crippen molar-refractivity contribution in [3.8, 4) is 28.6 Å². The first-order valence-electron chi connectivity index (χ1n) is 12.2. The minimum atomic E-state index is -3.66. The molecule has 1 heterocycles. The lowest BCUT2D eigenvalue weighted by atomic mass is 9.98. The summed E-state index contributed by atoms with van der Waals surface area (Å²) in [5.74, 6) is 0.307. The number of ether oxygens (including phenoxy) is 1. The summed E-state index contributed by atoms with van der Waals surface area (Å²) in [6.45, 7) is 11.9. The number of rotatable bonds is 10. The van der Waals surface area contributed by atoms with E-state index in [1.54, 1.807) is 32.0 Å². The Labute approximate surface area is 218 Å². The van der Waals surface area contributed by atoms with Gasteiger partial charge < -0.3 is 15.2 Å². The molecule has 0 saturated heterocycles. The topological polar surface area (TPSA) is 127 Å². The number of nitrogens with one attached hydrogen (secondary N) is 1. The second-order valence-electron chi connectivity index (χ2n) is 9.16. The number of phenolic OH excluding ortho intramolecular Hbond substituents is 1. The van der Waals surface area contributed by atoms with Crippen molar-refractivity contribution in [2.75, 3.05) is 20.2 Å². The molecule has 10 nitrogen and oxygen atoms in total. The van der Waals surface area contributed by atoms with Crippen LogP contribution < -0.4 is 10.1 Å². The van der Waals surface area contributed by atoms with Crippen molar-refractivity contribution in [1.29, 1.82) is 0 Å². The molecule has 0 unspecified atom stereocenters. The van der Waals surface area contributed by atoms with Gasteiger partial charge in [0.15, 0.2) is 5.82 Å². The van der Waals surface area contributed by atoms with Crippen LogP contribution in [0.3, 0.4) is 0 Å². The lowest BCUT2D eigenvalue weighted by molar-refractivity contribution is 0.0930. The number of hydrogen-bond donors (Lipinski definition) is 2. The van der Waals surface area contributed by atoms with Crippen LogP contribution in [-0.4, -0.2) is 64.7 Å². The zero-order valence-corrected chi connectivity index (χ0v) is 23.1. The number of nitrogens with zero attached hydrogens (tertiary/aromatic N) is 4. The third-order valence-electron chi connectivity index (χ3n) is 5.93. The van der Waals surface area contributed by atoms with Crippen LogP contribution in [0.2, 0.25) is 0 Å². The maximum atomic E-state index is 13.0. The fourth-order valence-corrected chi connectivity index (χ4v) is 5.51. The van der Waals surface area contributed by atoms with E-state index in [0.29, 0.717) is 30.1 Å².